The summed E-state index contributed by atoms with van der Waals surface area (Å²) in [6.07, 6.45) is 11.3. The van der Waals surface area contributed by atoms with E-state index in [-0.39, 0.29) is 0 Å². The lowest BCUT2D eigenvalue weighted by Crippen LogP contribution is -2.12. The number of benzene rings is 6. The molecule has 1 heterocycles. The number of allylic oxidation sites excluding steroid dienone is 3. The van der Waals surface area contributed by atoms with E-state index in [1.54, 1.807) is 0 Å². The van der Waals surface area contributed by atoms with Crippen LogP contribution in [0.25, 0.3) is 55.4 Å². The highest BCUT2D eigenvalue weighted by Crippen LogP contribution is 2.47. The summed E-state index contributed by atoms with van der Waals surface area (Å²) in [6, 6.07) is 44.8. The van der Waals surface area contributed by atoms with Crippen molar-refractivity contribution in [3.63, 3.8) is 0 Å². The van der Waals surface area contributed by atoms with Crippen molar-refractivity contribution in [2.24, 2.45) is 0 Å². The third-order valence-electron chi connectivity index (χ3n) is 9.28. The van der Waals surface area contributed by atoms with Gasteiger partial charge in [0.15, 0.2) is 0 Å². The molecule has 0 fully saturated rings. The van der Waals surface area contributed by atoms with Crippen molar-refractivity contribution >= 4 is 33.2 Å². The molecule has 0 saturated carbocycles. The lowest BCUT2D eigenvalue weighted by Gasteiger charge is -2.30. The molecule has 0 bridgehead atoms. The Bertz CT molecular complexity index is 2090. The first-order chi connectivity index (χ1) is 21.2. The molecule has 8 rings (SSSR count). The molecule has 0 saturated heterocycles. The molecule has 1 aliphatic carbocycles. The van der Waals surface area contributed by atoms with Crippen molar-refractivity contribution in [2.45, 2.75) is 18.8 Å². The van der Waals surface area contributed by atoms with E-state index in [4.69, 9.17) is 0 Å². The van der Waals surface area contributed by atoms with E-state index in [2.05, 4.69) is 158 Å². The molecule has 1 heteroatoms. The van der Waals surface area contributed by atoms with Gasteiger partial charge < -0.3 is 5.32 Å². The van der Waals surface area contributed by atoms with Crippen molar-refractivity contribution in [2.75, 3.05) is 6.54 Å². The molecule has 0 spiro atoms. The number of fused-ring (bicyclic) bond motifs is 6. The lowest BCUT2D eigenvalue weighted by molar-refractivity contribution is 0.676. The quantitative estimate of drug-likeness (QED) is 0.215. The second-order valence-corrected chi connectivity index (χ2v) is 11.8. The molecule has 1 N–H and O–H groups in total. The van der Waals surface area contributed by atoms with Gasteiger partial charge in [-0.3, -0.25) is 0 Å². The van der Waals surface area contributed by atoms with Gasteiger partial charge in [0.1, 0.15) is 0 Å². The van der Waals surface area contributed by atoms with Crippen LogP contribution in [0, 0.1) is 0 Å². The molecule has 2 atom stereocenters. The number of nitrogens with one attached hydrogen (secondary N) is 1. The van der Waals surface area contributed by atoms with Crippen molar-refractivity contribution in [3.8, 4) is 22.3 Å². The van der Waals surface area contributed by atoms with E-state index in [1.807, 2.05) is 6.20 Å². The van der Waals surface area contributed by atoms with Crippen LogP contribution in [0.2, 0.25) is 0 Å². The van der Waals surface area contributed by atoms with Gasteiger partial charge in [-0.15, -0.1) is 0 Å². The van der Waals surface area contributed by atoms with Crippen LogP contribution in [0.15, 0.2) is 146 Å². The fourth-order valence-corrected chi connectivity index (χ4v) is 7.16. The van der Waals surface area contributed by atoms with Gasteiger partial charge >= 0.3 is 0 Å². The zero-order valence-corrected chi connectivity index (χ0v) is 24.3. The lowest BCUT2D eigenvalue weighted by atomic mass is 9.73. The Morgan fingerprint density at radius 1 is 0.558 bits per heavy atom. The van der Waals surface area contributed by atoms with Gasteiger partial charge in [-0.2, -0.15) is 0 Å². The van der Waals surface area contributed by atoms with Gasteiger partial charge in [0.25, 0.3) is 0 Å². The molecule has 2 unspecified atom stereocenters. The van der Waals surface area contributed by atoms with Crippen LogP contribution in [-0.4, -0.2) is 6.54 Å². The number of rotatable bonds is 4. The summed E-state index contributed by atoms with van der Waals surface area (Å²) in [4.78, 5) is 0. The van der Waals surface area contributed by atoms with Gasteiger partial charge in [0, 0.05) is 12.5 Å². The minimum Gasteiger partial charge on any atom is -0.387 e. The smallest absolute Gasteiger partial charge is 0.0334 e. The van der Waals surface area contributed by atoms with Crippen molar-refractivity contribution in [1.29, 1.82) is 0 Å². The van der Waals surface area contributed by atoms with Crippen LogP contribution in [0.4, 0.5) is 0 Å². The Hall–Kier alpha value is -5.14. The van der Waals surface area contributed by atoms with Gasteiger partial charge in [-0.25, -0.2) is 0 Å². The molecule has 206 valence electrons. The fourth-order valence-electron chi connectivity index (χ4n) is 7.16. The third kappa shape index (κ3) is 4.49. The predicted molar refractivity (Wildman–Crippen MR) is 184 cm³/mol. The third-order valence-corrected chi connectivity index (χ3v) is 9.28. The molecule has 0 amide bonds. The van der Waals surface area contributed by atoms with Crippen molar-refractivity contribution in [1.82, 2.24) is 5.32 Å². The van der Waals surface area contributed by atoms with Gasteiger partial charge in [0.2, 0.25) is 0 Å². The maximum Gasteiger partial charge on any atom is 0.0334 e. The van der Waals surface area contributed by atoms with E-state index in [0.717, 1.165) is 6.54 Å². The van der Waals surface area contributed by atoms with E-state index < -0.39 is 0 Å². The van der Waals surface area contributed by atoms with E-state index in [0.29, 0.717) is 11.8 Å². The first kappa shape index (κ1) is 25.6. The summed E-state index contributed by atoms with van der Waals surface area (Å²) in [6.45, 7) is 3.26. The maximum absolute atomic E-state index is 3.29. The van der Waals surface area contributed by atoms with Crippen LogP contribution in [0.1, 0.15) is 41.0 Å². The maximum atomic E-state index is 3.29. The molecule has 0 aromatic heterocycles. The van der Waals surface area contributed by atoms with Crippen LogP contribution in [-0.2, 0) is 0 Å². The van der Waals surface area contributed by atoms with Crippen molar-refractivity contribution < 1.29 is 0 Å². The van der Waals surface area contributed by atoms with E-state index in [1.165, 1.54) is 71.6 Å². The van der Waals surface area contributed by atoms with E-state index >= 15 is 0 Å². The molecule has 6 aromatic rings. The standard InChI is InChI=1S/C42H33N/c1-28-36(18-19-41-39-16-6-5-14-37(39)38-15-7-8-17-40(38)42(28)41)32-13-9-12-31(24-32)35-26-33(29-10-3-2-4-11-29)25-34(27-35)30-20-22-43-23-21-30/h2-22,24-28,36,43H,23H2,1H3. The summed E-state index contributed by atoms with van der Waals surface area (Å²) in [5.41, 5.74) is 11.7. The summed E-state index contributed by atoms with van der Waals surface area (Å²) in [5, 5.41) is 8.69. The zero-order valence-electron chi connectivity index (χ0n) is 24.3. The van der Waals surface area contributed by atoms with Crippen LogP contribution >= 0.6 is 0 Å². The van der Waals surface area contributed by atoms with E-state index in [9.17, 15) is 0 Å². The van der Waals surface area contributed by atoms with Crippen LogP contribution in [0.5, 0.6) is 0 Å². The minimum atomic E-state index is 0.295. The minimum absolute atomic E-state index is 0.295. The second kappa shape index (κ2) is 10.6. The van der Waals surface area contributed by atoms with Gasteiger partial charge in [-0.05, 0) is 108 Å². The van der Waals surface area contributed by atoms with Gasteiger partial charge in [0.05, 0.1) is 0 Å². The average molecular weight is 552 g/mol. The summed E-state index contributed by atoms with van der Waals surface area (Å²) < 4.78 is 0. The Balaban J connectivity index is 1.24. The molecule has 0 radical (unpaired) electrons. The highest BCUT2D eigenvalue weighted by Gasteiger charge is 2.27. The highest BCUT2D eigenvalue weighted by molar-refractivity contribution is 6.13. The summed E-state index contributed by atoms with van der Waals surface area (Å²) >= 11 is 0. The summed E-state index contributed by atoms with van der Waals surface area (Å²) in [7, 11) is 0. The molecule has 1 aliphatic heterocycles. The monoisotopic (exact) mass is 551 g/mol. The Labute approximate surface area is 253 Å². The summed E-state index contributed by atoms with van der Waals surface area (Å²) in [5.74, 6) is 0.643. The Kier molecular flexibility index (Phi) is 6.30. The number of dihydropyridines is 1. The molecular formula is C42H33N. The number of hydrogen-bond acceptors (Lipinski definition) is 1. The van der Waals surface area contributed by atoms with Gasteiger partial charge in [-0.1, -0.05) is 128 Å². The fraction of sp³-hybridized carbons (Fsp3) is 0.0952. The molecule has 1 nitrogen and oxygen atoms in total. The normalized spacial score (nSPS) is 17.5. The number of hydrogen-bond donors (Lipinski definition) is 1. The van der Waals surface area contributed by atoms with Crippen molar-refractivity contribution in [3.05, 3.63) is 168 Å². The Morgan fingerprint density at radius 2 is 1.21 bits per heavy atom. The van der Waals surface area contributed by atoms with Crippen LogP contribution < -0.4 is 5.32 Å². The average Bonchev–Trinajstić information content (AvgIpc) is 3.09. The first-order valence-electron chi connectivity index (χ1n) is 15.3. The molecule has 6 aromatic carbocycles. The first-order valence-corrected chi connectivity index (χ1v) is 15.3. The molecular weight excluding hydrogens is 518 g/mol. The largest absolute Gasteiger partial charge is 0.387 e. The van der Waals surface area contributed by atoms with Crippen LogP contribution in [0.3, 0.4) is 0 Å². The zero-order chi connectivity index (χ0) is 28.8. The SMILES string of the molecule is CC1c2c(c3ccccc3c3ccccc23)C=CC1c1cccc(-c2cc(C3=CCNC=C3)cc(-c3ccccc3)c2)c1. The second-order valence-electron chi connectivity index (χ2n) is 11.8. The Morgan fingerprint density at radius 3 is 1.98 bits per heavy atom. The molecule has 43 heavy (non-hydrogen) atoms. The predicted octanol–water partition coefficient (Wildman–Crippen LogP) is 10.7. The molecule has 2 aliphatic rings. The topological polar surface area (TPSA) is 12.0 Å². The highest BCUT2D eigenvalue weighted by atomic mass is 14.8.